The SMILES string of the molecule is C=N/C=C\C=C(/C)c1ccc2[nH]nc(C(=O)Nc3cccc(C(F)(F)F)n3)c2c1. The van der Waals surface area contributed by atoms with Crippen LogP contribution in [0.1, 0.15) is 28.7 Å². The van der Waals surface area contributed by atoms with Gasteiger partial charge in [0.2, 0.25) is 0 Å². The Morgan fingerprint density at radius 3 is 2.79 bits per heavy atom. The lowest BCUT2D eigenvalue weighted by atomic mass is 10.0. The van der Waals surface area contributed by atoms with Crippen molar-refractivity contribution in [1.82, 2.24) is 15.2 Å². The summed E-state index contributed by atoms with van der Waals surface area (Å²) in [5.74, 6) is -0.882. The van der Waals surface area contributed by atoms with Crippen LogP contribution in [0.4, 0.5) is 19.0 Å². The lowest BCUT2D eigenvalue weighted by Gasteiger charge is -2.08. The summed E-state index contributed by atoms with van der Waals surface area (Å²) in [4.78, 5) is 19.6. The van der Waals surface area contributed by atoms with E-state index in [1.807, 2.05) is 19.1 Å². The van der Waals surface area contributed by atoms with E-state index in [9.17, 15) is 18.0 Å². The molecule has 0 bridgehead atoms. The molecule has 0 radical (unpaired) electrons. The second-order valence-electron chi connectivity index (χ2n) is 6.07. The fourth-order valence-corrected chi connectivity index (χ4v) is 2.61. The molecule has 2 N–H and O–H groups in total. The van der Waals surface area contributed by atoms with Gasteiger partial charge in [0.05, 0.1) is 5.52 Å². The molecule has 2 heterocycles. The molecule has 148 valence electrons. The van der Waals surface area contributed by atoms with Gasteiger partial charge in [-0.3, -0.25) is 14.9 Å². The van der Waals surface area contributed by atoms with Crippen LogP contribution in [0.5, 0.6) is 0 Å². The van der Waals surface area contributed by atoms with Crippen molar-refractivity contribution in [2.75, 3.05) is 5.32 Å². The second-order valence-corrected chi connectivity index (χ2v) is 6.07. The summed E-state index contributed by atoms with van der Waals surface area (Å²) in [6.07, 6.45) is 0.506. The molecule has 2 aromatic heterocycles. The molecule has 0 spiro atoms. The van der Waals surface area contributed by atoms with Gasteiger partial charge in [0.15, 0.2) is 5.69 Å². The third-order valence-electron chi connectivity index (χ3n) is 4.05. The summed E-state index contributed by atoms with van der Waals surface area (Å²) in [6, 6.07) is 8.68. The first kappa shape index (κ1) is 20.0. The van der Waals surface area contributed by atoms with Crippen molar-refractivity contribution in [3.63, 3.8) is 0 Å². The smallest absolute Gasteiger partial charge is 0.305 e. The minimum Gasteiger partial charge on any atom is -0.305 e. The van der Waals surface area contributed by atoms with Crippen LogP contribution in [-0.4, -0.2) is 27.8 Å². The Kier molecular flexibility index (Phi) is 5.58. The number of carbonyl (C=O) groups excluding carboxylic acids is 1. The Balaban J connectivity index is 1.90. The number of allylic oxidation sites excluding steroid dienone is 3. The molecule has 3 rings (SSSR count). The van der Waals surface area contributed by atoms with Crippen LogP contribution in [-0.2, 0) is 6.18 Å². The van der Waals surface area contributed by atoms with E-state index >= 15 is 0 Å². The zero-order valence-electron chi connectivity index (χ0n) is 15.3. The lowest BCUT2D eigenvalue weighted by Crippen LogP contribution is -2.16. The number of pyridine rings is 1. The summed E-state index contributed by atoms with van der Waals surface area (Å²) in [7, 11) is 0. The van der Waals surface area contributed by atoms with Crippen molar-refractivity contribution >= 4 is 34.9 Å². The van der Waals surface area contributed by atoms with Crippen molar-refractivity contribution in [3.05, 3.63) is 71.7 Å². The highest BCUT2D eigenvalue weighted by Crippen LogP contribution is 2.28. The highest BCUT2D eigenvalue weighted by Gasteiger charge is 2.32. The molecule has 6 nitrogen and oxygen atoms in total. The molecule has 0 aliphatic rings. The summed E-state index contributed by atoms with van der Waals surface area (Å²) in [5, 5.41) is 9.63. The molecule has 0 saturated heterocycles. The van der Waals surface area contributed by atoms with E-state index in [-0.39, 0.29) is 11.5 Å². The predicted octanol–water partition coefficient (Wildman–Crippen LogP) is 4.85. The Bertz CT molecular complexity index is 1130. The van der Waals surface area contributed by atoms with Gasteiger partial charge < -0.3 is 5.32 Å². The van der Waals surface area contributed by atoms with Crippen LogP contribution in [0.2, 0.25) is 0 Å². The number of alkyl halides is 3. The number of aromatic amines is 1. The Hall–Kier alpha value is -3.75. The molecule has 0 aliphatic heterocycles. The molecule has 0 saturated carbocycles. The van der Waals surface area contributed by atoms with Gasteiger partial charge in [-0.05, 0) is 55.1 Å². The van der Waals surface area contributed by atoms with Crippen LogP contribution < -0.4 is 5.32 Å². The maximum absolute atomic E-state index is 12.8. The van der Waals surface area contributed by atoms with Gasteiger partial charge in [0.25, 0.3) is 5.91 Å². The lowest BCUT2D eigenvalue weighted by molar-refractivity contribution is -0.141. The topological polar surface area (TPSA) is 83.0 Å². The predicted molar refractivity (Wildman–Crippen MR) is 106 cm³/mol. The Morgan fingerprint density at radius 1 is 1.28 bits per heavy atom. The van der Waals surface area contributed by atoms with Gasteiger partial charge in [0.1, 0.15) is 11.5 Å². The molecule has 1 amide bonds. The van der Waals surface area contributed by atoms with Gasteiger partial charge in [-0.1, -0.05) is 18.2 Å². The first-order chi connectivity index (χ1) is 13.8. The Morgan fingerprint density at radius 2 is 2.07 bits per heavy atom. The number of halogens is 3. The minimum absolute atomic E-state index is 0.0529. The number of carbonyl (C=O) groups is 1. The monoisotopic (exact) mass is 399 g/mol. The summed E-state index contributed by atoms with van der Waals surface area (Å²) in [6.45, 7) is 5.25. The highest BCUT2D eigenvalue weighted by molar-refractivity contribution is 6.11. The number of hydrogen-bond acceptors (Lipinski definition) is 4. The number of anilines is 1. The molecule has 0 unspecified atom stereocenters. The summed E-state index contributed by atoms with van der Waals surface area (Å²) < 4.78 is 38.4. The van der Waals surface area contributed by atoms with E-state index in [0.29, 0.717) is 10.9 Å². The maximum atomic E-state index is 12.8. The first-order valence-electron chi connectivity index (χ1n) is 8.43. The number of nitrogens with zero attached hydrogens (tertiary/aromatic N) is 3. The zero-order chi connectivity index (χ0) is 21.0. The third-order valence-corrected chi connectivity index (χ3v) is 4.05. The maximum Gasteiger partial charge on any atom is 0.433 e. The molecule has 3 aromatic rings. The largest absolute Gasteiger partial charge is 0.433 e. The molecule has 0 aliphatic carbocycles. The van der Waals surface area contributed by atoms with E-state index < -0.39 is 17.8 Å². The van der Waals surface area contributed by atoms with Gasteiger partial charge >= 0.3 is 6.18 Å². The second kappa shape index (κ2) is 8.09. The molecule has 1 aromatic carbocycles. The number of hydrogen-bond donors (Lipinski definition) is 2. The highest BCUT2D eigenvalue weighted by atomic mass is 19.4. The normalized spacial score (nSPS) is 12.5. The van der Waals surface area contributed by atoms with Crippen LogP contribution in [0.3, 0.4) is 0 Å². The van der Waals surface area contributed by atoms with Crippen LogP contribution in [0.25, 0.3) is 16.5 Å². The van der Waals surface area contributed by atoms with Crippen molar-refractivity contribution in [1.29, 1.82) is 0 Å². The molecular weight excluding hydrogens is 383 g/mol. The Labute approximate surface area is 163 Å². The van der Waals surface area contributed by atoms with Crippen LogP contribution in [0, 0.1) is 0 Å². The standard InChI is InChI=1S/C20H16F3N5O/c1-12(5-4-10-24-2)13-8-9-15-14(11-13)18(28-27-15)19(29)26-17-7-3-6-16(25-17)20(21,22)23/h3-11H,2H2,1H3,(H,27,28)(H,25,26,29)/b10-4-,12-5+. The summed E-state index contributed by atoms with van der Waals surface area (Å²) in [5.41, 5.74) is 1.34. The third kappa shape index (κ3) is 4.57. The van der Waals surface area contributed by atoms with Gasteiger partial charge in [-0.15, -0.1) is 0 Å². The van der Waals surface area contributed by atoms with E-state index in [2.05, 4.69) is 32.2 Å². The van der Waals surface area contributed by atoms with Crippen molar-refractivity contribution in [2.24, 2.45) is 4.99 Å². The van der Waals surface area contributed by atoms with E-state index in [1.54, 1.807) is 24.4 Å². The number of H-pyrrole nitrogens is 1. The number of fused-ring (bicyclic) bond motifs is 1. The first-order valence-corrected chi connectivity index (χ1v) is 8.43. The molecule has 0 atom stereocenters. The number of aliphatic imine (C=N–C) groups is 1. The average molecular weight is 399 g/mol. The van der Waals surface area contributed by atoms with Crippen molar-refractivity contribution < 1.29 is 18.0 Å². The average Bonchev–Trinajstić information content (AvgIpc) is 3.11. The van der Waals surface area contributed by atoms with E-state index in [1.165, 1.54) is 12.1 Å². The van der Waals surface area contributed by atoms with Gasteiger partial charge in [-0.2, -0.15) is 18.3 Å². The number of benzene rings is 1. The number of aromatic nitrogens is 3. The van der Waals surface area contributed by atoms with Gasteiger partial charge in [-0.25, -0.2) is 4.98 Å². The number of amides is 1. The van der Waals surface area contributed by atoms with Crippen LogP contribution in [0.15, 0.2) is 59.7 Å². The summed E-state index contributed by atoms with van der Waals surface area (Å²) >= 11 is 0. The zero-order valence-corrected chi connectivity index (χ0v) is 15.3. The molecular formula is C20H16F3N5O. The quantitative estimate of drug-likeness (QED) is 0.475. The van der Waals surface area contributed by atoms with Crippen LogP contribution >= 0.6 is 0 Å². The van der Waals surface area contributed by atoms with E-state index in [0.717, 1.165) is 17.2 Å². The van der Waals surface area contributed by atoms with Crippen molar-refractivity contribution in [2.45, 2.75) is 13.1 Å². The fraction of sp³-hybridized carbons (Fsp3) is 0.100. The fourth-order valence-electron chi connectivity index (χ4n) is 2.61. The van der Waals surface area contributed by atoms with Gasteiger partial charge in [0, 0.05) is 11.6 Å². The van der Waals surface area contributed by atoms with Crippen molar-refractivity contribution in [3.8, 4) is 0 Å². The molecule has 9 heteroatoms. The number of nitrogens with one attached hydrogen (secondary N) is 2. The minimum atomic E-state index is -4.60. The molecule has 0 fully saturated rings. The molecule has 29 heavy (non-hydrogen) atoms. The number of rotatable bonds is 5. The van der Waals surface area contributed by atoms with E-state index in [4.69, 9.17) is 0 Å².